The standard InChI is InChI=1S/C18H17ClN4O2S/c19-18-20-16(22-8-3-1-2-4-9-22)15-14(11-26-17(15)21-18)12-6-5-7-13(10-12)23(24)25/h5-7,10-11H,1-4,8-9H2. The van der Waals surface area contributed by atoms with Gasteiger partial charge in [-0.2, -0.15) is 4.98 Å². The van der Waals surface area contributed by atoms with Crippen molar-refractivity contribution in [3.05, 3.63) is 45.0 Å². The Kier molecular flexibility index (Phi) is 4.74. The second-order valence-corrected chi connectivity index (χ2v) is 7.55. The van der Waals surface area contributed by atoms with E-state index in [2.05, 4.69) is 14.9 Å². The number of fused-ring (bicyclic) bond motifs is 1. The minimum Gasteiger partial charge on any atom is -0.356 e. The van der Waals surface area contributed by atoms with Gasteiger partial charge in [0, 0.05) is 36.2 Å². The molecule has 0 amide bonds. The maximum atomic E-state index is 11.1. The number of hydrogen-bond donors (Lipinski definition) is 0. The summed E-state index contributed by atoms with van der Waals surface area (Å²) >= 11 is 7.66. The molecular formula is C18H17ClN4O2S. The van der Waals surface area contributed by atoms with Crippen LogP contribution >= 0.6 is 22.9 Å². The number of anilines is 1. The molecule has 0 unspecified atom stereocenters. The summed E-state index contributed by atoms with van der Waals surface area (Å²) in [6.07, 6.45) is 4.69. The van der Waals surface area contributed by atoms with Gasteiger partial charge in [0.2, 0.25) is 5.28 Å². The van der Waals surface area contributed by atoms with Crippen LogP contribution in [-0.2, 0) is 0 Å². The lowest BCUT2D eigenvalue weighted by Crippen LogP contribution is -2.25. The Labute approximate surface area is 159 Å². The Morgan fingerprint density at radius 2 is 1.92 bits per heavy atom. The molecular weight excluding hydrogens is 372 g/mol. The summed E-state index contributed by atoms with van der Waals surface area (Å²) in [6, 6.07) is 6.69. The number of rotatable bonds is 3. The van der Waals surface area contributed by atoms with Crippen molar-refractivity contribution in [1.29, 1.82) is 0 Å². The van der Waals surface area contributed by atoms with Crippen molar-refractivity contribution in [2.75, 3.05) is 18.0 Å². The van der Waals surface area contributed by atoms with Crippen LogP contribution < -0.4 is 4.90 Å². The van der Waals surface area contributed by atoms with Crippen LogP contribution in [0.4, 0.5) is 11.5 Å². The average Bonchev–Trinajstić information content (AvgIpc) is 2.87. The summed E-state index contributed by atoms with van der Waals surface area (Å²) in [6.45, 7) is 1.87. The Bertz CT molecular complexity index is 967. The molecule has 6 nitrogen and oxygen atoms in total. The van der Waals surface area contributed by atoms with Crippen LogP contribution in [0.1, 0.15) is 25.7 Å². The number of benzene rings is 1. The third kappa shape index (κ3) is 3.24. The first-order chi connectivity index (χ1) is 12.6. The van der Waals surface area contributed by atoms with E-state index < -0.39 is 0 Å². The normalized spacial score (nSPS) is 15.2. The van der Waals surface area contributed by atoms with Crippen molar-refractivity contribution in [3.8, 4) is 11.1 Å². The van der Waals surface area contributed by atoms with Crippen molar-refractivity contribution in [3.63, 3.8) is 0 Å². The minimum atomic E-state index is -0.374. The van der Waals surface area contributed by atoms with Crippen LogP contribution in [0.5, 0.6) is 0 Å². The molecule has 1 aromatic carbocycles. The SMILES string of the molecule is O=[N+]([O-])c1cccc(-c2csc3nc(Cl)nc(N4CCCCCC4)c23)c1. The largest absolute Gasteiger partial charge is 0.356 e. The molecule has 1 aliphatic rings. The molecule has 134 valence electrons. The van der Waals surface area contributed by atoms with Crippen molar-refractivity contribution in [1.82, 2.24) is 9.97 Å². The Hall–Kier alpha value is -2.25. The predicted octanol–water partition coefficient (Wildman–Crippen LogP) is 5.30. The van der Waals surface area contributed by atoms with E-state index >= 15 is 0 Å². The van der Waals surface area contributed by atoms with E-state index in [4.69, 9.17) is 11.6 Å². The molecule has 0 radical (unpaired) electrons. The van der Waals surface area contributed by atoms with Gasteiger partial charge in [-0.15, -0.1) is 11.3 Å². The van der Waals surface area contributed by atoms with E-state index in [1.54, 1.807) is 12.1 Å². The number of halogens is 1. The molecule has 2 aromatic heterocycles. The van der Waals surface area contributed by atoms with Gasteiger partial charge in [-0.1, -0.05) is 25.0 Å². The summed E-state index contributed by atoms with van der Waals surface area (Å²) in [7, 11) is 0. The predicted molar refractivity (Wildman–Crippen MR) is 105 cm³/mol. The first-order valence-corrected chi connectivity index (χ1v) is 9.84. The van der Waals surface area contributed by atoms with Crippen LogP contribution in [0.25, 0.3) is 21.3 Å². The lowest BCUT2D eigenvalue weighted by molar-refractivity contribution is -0.384. The molecule has 1 aliphatic heterocycles. The maximum absolute atomic E-state index is 11.1. The van der Waals surface area contributed by atoms with Crippen molar-refractivity contribution in [2.45, 2.75) is 25.7 Å². The second-order valence-electron chi connectivity index (χ2n) is 6.35. The van der Waals surface area contributed by atoms with E-state index in [9.17, 15) is 10.1 Å². The number of non-ortho nitro benzene ring substituents is 1. The highest BCUT2D eigenvalue weighted by molar-refractivity contribution is 7.17. The number of hydrogen-bond acceptors (Lipinski definition) is 6. The molecule has 0 aliphatic carbocycles. The van der Waals surface area contributed by atoms with Crippen LogP contribution in [-0.4, -0.2) is 28.0 Å². The monoisotopic (exact) mass is 388 g/mol. The Morgan fingerprint density at radius 3 is 2.65 bits per heavy atom. The van der Waals surface area contributed by atoms with Gasteiger partial charge in [-0.25, -0.2) is 4.98 Å². The molecule has 0 saturated carbocycles. The quantitative estimate of drug-likeness (QED) is 0.346. The van der Waals surface area contributed by atoms with Crippen LogP contribution in [0.3, 0.4) is 0 Å². The number of nitro benzene ring substituents is 1. The van der Waals surface area contributed by atoms with Crippen LogP contribution in [0.15, 0.2) is 29.6 Å². The van der Waals surface area contributed by atoms with Gasteiger partial charge in [0.15, 0.2) is 0 Å². The first-order valence-electron chi connectivity index (χ1n) is 8.58. The zero-order chi connectivity index (χ0) is 18.1. The van der Waals surface area contributed by atoms with E-state index in [-0.39, 0.29) is 15.9 Å². The Morgan fingerprint density at radius 1 is 1.15 bits per heavy atom. The fourth-order valence-electron chi connectivity index (χ4n) is 3.41. The zero-order valence-electron chi connectivity index (χ0n) is 14.0. The molecule has 8 heteroatoms. The molecule has 4 rings (SSSR count). The summed E-state index contributed by atoms with van der Waals surface area (Å²) in [4.78, 5) is 22.8. The molecule has 1 fully saturated rings. The van der Waals surface area contributed by atoms with E-state index in [0.717, 1.165) is 53.1 Å². The molecule has 1 saturated heterocycles. The zero-order valence-corrected chi connectivity index (χ0v) is 15.6. The highest BCUT2D eigenvalue weighted by Crippen LogP contribution is 2.40. The molecule has 3 heterocycles. The summed E-state index contributed by atoms with van der Waals surface area (Å²) in [5.74, 6) is 0.838. The summed E-state index contributed by atoms with van der Waals surface area (Å²) in [5.41, 5.74) is 1.80. The number of thiophene rings is 1. The first kappa shape index (κ1) is 17.2. The number of aromatic nitrogens is 2. The van der Waals surface area contributed by atoms with Gasteiger partial charge in [-0.3, -0.25) is 10.1 Å². The minimum absolute atomic E-state index is 0.0769. The summed E-state index contributed by atoms with van der Waals surface area (Å²) in [5, 5.41) is 14.3. The van der Waals surface area contributed by atoms with E-state index in [1.165, 1.54) is 30.2 Å². The molecule has 26 heavy (non-hydrogen) atoms. The smallest absolute Gasteiger partial charge is 0.270 e. The third-order valence-electron chi connectivity index (χ3n) is 4.66. The van der Waals surface area contributed by atoms with Crippen molar-refractivity contribution >= 4 is 44.7 Å². The molecule has 0 bridgehead atoms. The topological polar surface area (TPSA) is 72.2 Å². The van der Waals surface area contributed by atoms with E-state index in [0.29, 0.717) is 0 Å². The fourth-order valence-corrected chi connectivity index (χ4v) is 4.57. The van der Waals surface area contributed by atoms with Gasteiger partial charge in [0.25, 0.3) is 5.69 Å². The lowest BCUT2D eigenvalue weighted by atomic mass is 10.1. The lowest BCUT2D eigenvalue weighted by Gasteiger charge is -2.22. The molecule has 3 aromatic rings. The van der Waals surface area contributed by atoms with Crippen LogP contribution in [0, 0.1) is 10.1 Å². The maximum Gasteiger partial charge on any atom is 0.270 e. The highest BCUT2D eigenvalue weighted by Gasteiger charge is 2.21. The molecule has 0 N–H and O–H groups in total. The van der Waals surface area contributed by atoms with E-state index in [1.807, 2.05) is 11.4 Å². The van der Waals surface area contributed by atoms with Gasteiger partial charge in [-0.05, 0) is 30.0 Å². The highest BCUT2D eigenvalue weighted by atomic mass is 35.5. The second kappa shape index (κ2) is 7.17. The van der Waals surface area contributed by atoms with Crippen molar-refractivity contribution in [2.24, 2.45) is 0 Å². The van der Waals surface area contributed by atoms with Crippen molar-refractivity contribution < 1.29 is 4.92 Å². The van der Waals surface area contributed by atoms with Gasteiger partial charge >= 0.3 is 0 Å². The fraction of sp³-hybridized carbons (Fsp3) is 0.333. The van der Waals surface area contributed by atoms with Crippen LogP contribution in [0.2, 0.25) is 5.28 Å². The van der Waals surface area contributed by atoms with Gasteiger partial charge in [0.1, 0.15) is 10.6 Å². The molecule has 0 spiro atoms. The van der Waals surface area contributed by atoms with Gasteiger partial charge < -0.3 is 4.90 Å². The summed E-state index contributed by atoms with van der Waals surface area (Å²) < 4.78 is 0. The Balaban J connectivity index is 1.89. The average molecular weight is 389 g/mol. The van der Waals surface area contributed by atoms with Gasteiger partial charge in [0.05, 0.1) is 10.3 Å². The third-order valence-corrected chi connectivity index (χ3v) is 5.70. The number of nitrogens with zero attached hydrogens (tertiary/aromatic N) is 4. The molecule has 0 atom stereocenters. The number of nitro groups is 1.